The zero-order valence-electron chi connectivity index (χ0n) is 14.3. The van der Waals surface area contributed by atoms with Crippen LogP contribution < -0.4 is 0 Å². The van der Waals surface area contributed by atoms with Gasteiger partial charge in [0.05, 0.1) is 11.8 Å². The summed E-state index contributed by atoms with van der Waals surface area (Å²) in [6, 6.07) is 13.4. The monoisotopic (exact) mass is 309 g/mol. The number of rotatable bonds is 5. The SMILES string of the molecule is CCCc1ccc(-c2ccc(C3CCC(OC)CC3)cc2)nc1. The lowest BCUT2D eigenvalue weighted by atomic mass is 9.82. The van der Waals surface area contributed by atoms with Crippen LogP contribution in [0.15, 0.2) is 42.6 Å². The molecule has 0 bridgehead atoms. The molecule has 0 spiro atoms. The van der Waals surface area contributed by atoms with Gasteiger partial charge in [-0.1, -0.05) is 43.7 Å². The molecule has 1 aromatic heterocycles. The van der Waals surface area contributed by atoms with E-state index in [-0.39, 0.29) is 0 Å². The predicted octanol–water partition coefficient (Wildman–Crippen LogP) is 5.37. The van der Waals surface area contributed by atoms with Gasteiger partial charge in [-0.3, -0.25) is 4.98 Å². The third-order valence-corrected chi connectivity index (χ3v) is 5.05. The molecular formula is C21H27NO. The summed E-state index contributed by atoms with van der Waals surface area (Å²) in [7, 11) is 1.83. The summed E-state index contributed by atoms with van der Waals surface area (Å²) in [5.74, 6) is 0.690. The molecule has 2 nitrogen and oxygen atoms in total. The quantitative estimate of drug-likeness (QED) is 0.740. The Morgan fingerprint density at radius 3 is 2.30 bits per heavy atom. The number of ether oxygens (including phenoxy) is 1. The van der Waals surface area contributed by atoms with Gasteiger partial charge in [0, 0.05) is 18.9 Å². The second kappa shape index (κ2) is 7.74. The van der Waals surface area contributed by atoms with E-state index in [4.69, 9.17) is 4.74 Å². The molecule has 0 aliphatic heterocycles. The molecule has 1 aromatic carbocycles. The van der Waals surface area contributed by atoms with E-state index in [9.17, 15) is 0 Å². The molecule has 1 aliphatic rings. The molecule has 0 atom stereocenters. The summed E-state index contributed by atoms with van der Waals surface area (Å²) in [4.78, 5) is 4.61. The van der Waals surface area contributed by atoms with Gasteiger partial charge in [-0.25, -0.2) is 0 Å². The molecule has 1 fully saturated rings. The number of nitrogens with zero attached hydrogens (tertiary/aromatic N) is 1. The predicted molar refractivity (Wildman–Crippen MR) is 95.7 cm³/mol. The molecule has 1 heterocycles. The van der Waals surface area contributed by atoms with E-state index >= 15 is 0 Å². The summed E-state index contributed by atoms with van der Waals surface area (Å²) < 4.78 is 5.47. The summed E-state index contributed by atoms with van der Waals surface area (Å²) in [6.45, 7) is 2.20. The third kappa shape index (κ3) is 4.00. The first-order valence-corrected chi connectivity index (χ1v) is 8.88. The first-order chi connectivity index (χ1) is 11.3. The Morgan fingerprint density at radius 2 is 1.74 bits per heavy atom. The van der Waals surface area contributed by atoms with Crippen molar-refractivity contribution in [1.29, 1.82) is 0 Å². The molecule has 2 heteroatoms. The normalized spacial score (nSPS) is 21.3. The van der Waals surface area contributed by atoms with E-state index in [1.54, 1.807) is 0 Å². The molecule has 0 amide bonds. The molecule has 1 saturated carbocycles. The second-order valence-electron chi connectivity index (χ2n) is 6.63. The van der Waals surface area contributed by atoms with Gasteiger partial charge in [-0.2, -0.15) is 0 Å². The molecule has 122 valence electrons. The van der Waals surface area contributed by atoms with Crippen molar-refractivity contribution in [3.63, 3.8) is 0 Å². The fourth-order valence-corrected chi connectivity index (χ4v) is 3.59. The Labute approximate surface area is 139 Å². The molecule has 0 N–H and O–H groups in total. The minimum Gasteiger partial charge on any atom is -0.381 e. The van der Waals surface area contributed by atoms with Crippen LogP contribution in [-0.2, 0) is 11.2 Å². The van der Waals surface area contributed by atoms with Crippen LogP contribution in [0.1, 0.15) is 56.1 Å². The van der Waals surface area contributed by atoms with Crippen LogP contribution in [0.25, 0.3) is 11.3 Å². The fraction of sp³-hybridized carbons (Fsp3) is 0.476. The second-order valence-corrected chi connectivity index (χ2v) is 6.63. The summed E-state index contributed by atoms with van der Waals surface area (Å²) in [5, 5.41) is 0. The lowest BCUT2D eigenvalue weighted by Crippen LogP contribution is -2.19. The van der Waals surface area contributed by atoms with Crippen LogP contribution in [0.4, 0.5) is 0 Å². The zero-order valence-corrected chi connectivity index (χ0v) is 14.3. The Kier molecular flexibility index (Phi) is 5.45. The minimum absolute atomic E-state index is 0.469. The number of hydrogen-bond acceptors (Lipinski definition) is 2. The Balaban J connectivity index is 1.67. The van der Waals surface area contributed by atoms with Crippen LogP contribution in [0.2, 0.25) is 0 Å². The van der Waals surface area contributed by atoms with Crippen LogP contribution in [-0.4, -0.2) is 18.2 Å². The molecule has 0 radical (unpaired) electrons. The molecule has 23 heavy (non-hydrogen) atoms. The van der Waals surface area contributed by atoms with Crippen molar-refractivity contribution in [2.45, 2.75) is 57.5 Å². The third-order valence-electron chi connectivity index (χ3n) is 5.05. The standard InChI is InChI=1S/C21H27NO/c1-3-4-16-5-14-21(22-15-16)19-8-6-17(7-9-19)18-10-12-20(23-2)13-11-18/h5-9,14-15,18,20H,3-4,10-13H2,1-2H3. The summed E-state index contributed by atoms with van der Waals surface area (Å²) in [5.41, 5.74) is 5.07. The first-order valence-electron chi connectivity index (χ1n) is 8.88. The molecule has 3 rings (SSSR count). The topological polar surface area (TPSA) is 22.1 Å². The van der Waals surface area contributed by atoms with E-state index in [1.165, 1.54) is 48.8 Å². The van der Waals surface area contributed by atoms with Crippen molar-refractivity contribution in [2.24, 2.45) is 0 Å². The van der Waals surface area contributed by atoms with Crippen LogP contribution >= 0.6 is 0 Å². The van der Waals surface area contributed by atoms with Crippen molar-refractivity contribution in [2.75, 3.05) is 7.11 Å². The van der Waals surface area contributed by atoms with Crippen molar-refractivity contribution >= 4 is 0 Å². The average Bonchev–Trinajstić information content (AvgIpc) is 2.63. The van der Waals surface area contributed by atoms with Crippen molar-refractivity contribution < 1.29 is 4.74 Å². The molecular weight excluding hydrogens is 282 g/mol. The number of aromatic nitrogens is 1. The Hall–Kier alpha value is -1.67. The molecule has 1 aliphatic carbocycles. The van der Waals surface area contributed by atoms with E-state index < -0.39 is 0 Å². The maximum Gasteiger partial charge on any atom is 0.0702 e. The lowest BCUT2D eigenvalue weighted by molar-refractivity contribution is 0.0659. The highest BCUT2D eigenvalue weighted by Gasteiger charge is 2.21. The molecule has 0 saturated heterocycles. The minimum atomic E-state index is 0.469. The van der Waals surface area contributed by atoms with Gasteiger partial charge in [0.25, 0.3) is 0 Å². The van der Waals surface area contributed by atoms with Gasteiger partial charge in [0.15, 0.2) is 0 Å². The maximum absolute atomic E-state index is 5.47. The van der Waals surface area contributed by atoms with Gasteiger partial charge in [0.2, 0.25) is 0 Å². The number of methoxy groups -OCH3 is 1. The van der Waals surface area contributed by atoms with Crippen molar-refractivity contribution in [3.8, 4) is 11.3 Å². The Bertz CT molecular complexity index is 595. The van der Waals surface area contributed by atoms with Gasteiger partial charge >= 0.3 is 0 Å². The van der Waals surface area contributed by atoms with Gasteiger partial charge in [-0.05, 0) is 55.2 Å². The first kappa shape index (κ1) is 16.2. The van der Waals surface area contributed by atoms with Crippen LogP contribution in [0, 0.1) is 0 Å². The summed E-state index contributed by atoms with van der Waals surface area (Å²) in [6.07, 6.45) is 9.60. The van der Waals surface area contributed by atoms with Gasteiger partial charge in [-0.15, -0.1) is 0 Å². The highest BCUT2D eigenvalue weighted by Crippen LogP contribution is 2.34. The zero-order chi connectivity index (χ0) is 16.1. The molecule has 2 aromatic rings. The van der Waals surface area contributed by atoms with Crippen molar-refractivity contribution in [3.05, 3.63) is 53.7 Å². The van der Waals surface area contributed by atoms with E-state index in [2.05, 4.69) is 48.3 Å². The summed E-state index contributed by atoms with van der Waals surface area (Å²) >= 11 is 0. The molecule has 0 unspecified atom stereocenters. The number of aryl methyl sites for hydroxylation is 1. The maximum atomic E-state index is 5.47. The number of benzene rings is 1. The average molecular weight is 309 g/mol. The van der Waals surface area contributed by atoms with Gasteiger partial charge in [0.1, 0.15) is 0 Å². The van der Waals surface area contributed by atoms with Gasteiger partial charge < -0.3 is 4.74 Å². The highest BCUT2D eigenvalue weighted by molar-refractivity contribution is 5.59. The van der Waals surface area contributed by atoms with Crippen LogP contribution in [0.3, 0.4) is 0 Å². The van der Waals surface area contributed by atoms with E-state index in [0.717, 1.165) is 12.1 Å². The smallest absolute Gasteiger partial charge is 0.0702 e. The van der Waals surface area contributed by atoms with Crippen LogP contribution in [0.5, 0.6) is 0 Å². The van der Waals surface area contributed by atoms with E-state index in [1.807, 2.05) is 13.3 Å². The number of hydrogen-bond donors (Lipinski definition) is 0. The van der Waals surface area contributed by atoms with E-state index in [0.29, 0.717) is 12.0 Å². The fourth-order valence-electron chi connectivity index (χ4n) is 3.59. The lowest BCUT2D eigenvalue weighted by Gasteiger charge is -2.27. The highest BCUT2D eigenvalue weighted by atomic mass is 16.5. The number of pyridine rings is 1. The Morgan fingerprint density at radius 1 is 1.00 bits per heavy atom. The largest absolute Gasteiger partial charge is 0.381 e. The van der Waals surface area contributed by atoms with Crippen molar-refractivity contribution in [1.82, 2.24) is 4.98 Å².